The van der Waals surface area contributed by atoms with Crippen LogP contribution >= 0.6 is 11.3 Å². The van der Waals surface area contributed by atoms with E-state index in [0.29, 0.717) is 6.04 Å². The quantitative estimate of drug-likeness (QED) is 0.888. The van der Waals surface area contributed by atoms with Crippen molar-refractivity contribution in [2.45, 2.75) is 38.6 Å². The van der Waals surface area contributed by atoms with Crippen LogP contribution in [0, 0.1) is 6.92 Å². The molecule has 4 nitrogen and oxygen atoms in total. The van der Waals surface area contributed by atoms with Crippen LogP contribution in [0.3, 0.4) is 0 Å². The highest BCUT2D eigenvalue weighted by Gasteiger charge is 2.22. The summed E-state index contributed by atoms with van der Waals surface area (Å²) in [4.78, 5) is 1.06. The molecule has 90 valence electrons. The summed E-state index contributed by atoms with van der Waals surface area (Å²) < 4.78 is 2.20. The average Bonchev–Trinajstić information content (AvgIpc) is 3.01. The number of anilines is 1. The molecule has 2 aromatic heterocycles. The minimum atomic E-state index is 0.557. The highest BCUT2D eigenvalue weighted by molar-refractivity contribution is 7.14. The van der Waals surface area contributed by atoms with Gasteiger partial charge in [-0.3, -0.25) is 0 Å². The van der Waals surface area contributed by atoms with Crippen LogP contribution in [0.2, 0.25) is 0 Å². The minimum absolute atomic E-state index is 0.557. The first-order chi connectivity index (χ1) is 8.27. The summed E-state index contributed by atoms with van der Waals surface area (Å²) >= 11 is 1.66. The van der Waals surface area contributed by atoms with Crippen LogP contribution in [0.4, 0.5) is 5.69 Å². The summed E-state index contributed by atoms with van der Waals surface area (Å²) in [5.74, 6) is 0.938. The van der Waals surface area contributed by atoms with E-state index in [1.165, 1.54) is 25.7 Å². The van der Waals surface area contributed by atoms with Gasteiger partial charge in [0, 0.05) is 6.04 Å². The Labute approximate surface area is 104 Å². The first-order valence-electron chi connectivity index (χ1n) is 6.01. The Balaban J connectivity index is 2.03. The van der Waals surface area contributed by atoms with Crippen LogP contribution < -0.4 is 5.73 Å². The fourth-order valence-electron chi connectivity index (χ4n) is 2.48. The first kappa shape index (κ1) is 10.8. The van der Waals surface area contributed by atoms with Crippen LogP contribution in [0.25, 0.3) is 10.7 Å². The monoisotopic (exact) mass is 248 g/mol. The molecule has 0 aromatic carbocycles. The Kier molecular flexibility index (Phi) is 2.63. The molecule has 0 radical (unpaired) electrons. The third-order valence-electron chi connectivity index (χ3n) is 3.52. The van der Waals surface area contributed by atoms with E-state index < -0.39 is 0 Å². The van der Waals surface area contributed by atoms with Crippen molar-refractivity contribution < 1.29 is 0 Å². The van der Waals surface area contributed by atoms with E-state index in [0.717, 1.165) is 22.0 Å². The van der Waals surface area contributed by atoms with Gasteiger partial charge in [-0.1, -0.05) is 12.8 Å². The van der Waals surface area contributed by atoms with E-state index in [2.05, 4.69) is 20.1 Å². The van der Waals surface area contributed by atoms with E-state index in [1.807, 2.05) is 13.3 Å². The number of aryl methyl sites for hydroxylation is 1. The molecule has 0 spiro atoms. The van der Waals surface area contributed by atoms with E-state index in [4.69, 9.17) is 5.73 Å². The normalized spacial score (nSPS) is 16.8. The maximum absolute atomic E-state index is 6.09. The molecule has 0 atom stereocenters. The SMILES string of the molecule is Cc1csc(-c2nncn2C2CCCC2)c1N. The molecule has 3 rings (SSSR count). The number of hydrogen-bond donors (Lipinski definition) is 1. The average molecular weight is 248 g/mol. The lowest BCUT2D eigenvalue weighted by Gasteiger charge is -2.13. The molecule has 17 heavy (non-hydrogen) atoms. The second kappa shape index (κ2) is 4.14. The molecule has 0 aliphatic heterocycles. The lowest BCUT2D eigenvalue weighted by Crippen LogP contribution is -2.05. The predicted octanol–water partition coefficient (Wildman–Crippen LogP) is 3.01. The molecule has 5 heteroatoms. The van der Waals surface area contributed by atoms with Gasteiger partial charge in [0.05, 0.1) is 10.6 Å². The standard InChI is InChI=1S/C12H16N4S/c1-8-6-17-11(10(8)13)12-15-14-7-16(12)9-4-2-3-5-9/h6-7,9H,2-5,13H2,1H3. The smallest absolute Gasteiger partial charge is 0.176 e. The summed E-state index contributed by atoms with van der Waals surface area (Å²) in [6.45, 7) is 2.03. The number of hydrogen-bond acceptors (Lipinski definition) is 4. The van der Waals surface area contributed by atoms with Gasteiger partial charge in [-0.2, -0.15) is 0 Å². The molecule has 0 unspecified atom stereocenters. The van der Waals surface area contributed by atoms with Gasteiger partial charge in [-0.15, -0.1) is 21.5 Å². The summed E-state index contributed by atoms with van der Waals surface area (Å²) in [5.41, 5.74) is 8.07. The van der Waals surface area contributed by atoms with Crippen molar-refractivity contribution in [3.63, 3.8) is 0 Å². The summed E-state index contributed by atoms with van der Waals surface area (Å²) in [6, 6.07) is 0.557. The highest BCUT2D eigenvalue weighted by Crippen LogP contribution is 2.37. The molecule has 2 heterocycles. The van der Waals surface area contributed by atoms with Crippen molar-refractivity contribution in [3.8, 4) is 10.7 Å². The van der Waals surface area contributed by atoms with Gasteiger partial charge in [0.2, 0.25) is 0 Å². The van der Waals surface area contributed by atoms with Crippen LogP contribution in [-0.2, 0) is 0 Å². The third kappa shape index (κ3) is 1.74. The van der Waals surface area contributed by atoms with Crippen molar-refractivity contribution in [2.75, 3.05) is 5.73 Å². The van der Waals surface area contributed by atoms with Crippen molar-refractivity contribution in [2.24, 2.45) is 0 Å². The molecule has 2 N–H and O–H groups in total. The molecule has 0 amide bonds. The molecular formula is C12H16N4S. The predicted molar refractivity (Wildman–Crippen MR) is 70.0 cm³/mol. The molecule has 1 saturated carbocycles. The van der Waals surface area contributed by atoms with Crippen LogP contribution in [0.5, 0.6) is 0 Å². The van der Waals surface area contributed by atoms with E-state index >= 15 is 0 Å². The second-order valence-corrected chi connectivity index (χ2v) is 5.54. The maximum atomic E-state index is 6.09. The number of nitrogens with two attached hydrogens (primary N) is 1. The molecule has 2 aromatic rings. The van der Waals surface area contributed by atoms with Crippen LogP contribution in [0.1, 0.15) is 37.3 Å². The third-order valence-corrected chi connectivity index (χ3v) is 4.63. The van der Waals surface area contributed by atoms with E-state index in [1.54, 1.807) is 11.3 Å². The topological polar surface area (TPSA) is 56.7 Å². The molecule has 1 fully saturated rings. The van der Waals surface area contributed by atoms with Crippen LogP contribution in [0.15, 0.2) is 11.7 Å². The zero-order chi connectivity index (χ0) is 11.8. The van der Waals surface area contributed by atoms with Gasteiger partial charge in [-0.25, -0.2) is 0 Å². The molecule has 1 aliphatic carbocycles. The van der Waals surface area contributed by atoms with Gasteiger partial charge in [0.1, 0.15) is 6.33 Å². The lowest BCUT2D eigenvalue weighted by molar-refractivity contribution is 0.522. The Morgan fingerprint density at radius 1 is 1.41 bits per heavy atom. The zero-order valence-corrected chi connectivity index (χ0v) is 10.7. The van der Waals surface area contributed by atoms with Gasteiger partial charge in [0.15, 0.2) is 5.82 Å². The lowest BCUT2D eigenvalue weighted by atomic mass is 10.2. The Bertz CT molecular complexity index is 522. The Morgan fingerprint density at radius 3 is 2.82 bits per heavy atom. The number of aromatic nitrogens is 3. The summed E-state index contributed by atoms with van der Waals surface area (Å²) in [6.07, 6.45) is 6.92. The number of nitrogens with zero attached hydrogens (tertiary/aromatic N) is 3. The number of nitrogen functional groups attached to an aromatic ring is 1. The summed E-state index contributed by atoms with van der Waals surface area (Å²) in [5, 5.41) is 10.4. The summed E-state index contributed by atoms with van der Waals surface area (Å²) in [7, 11) is 0. The Hall–Kier alpha value is -1.36. The first-order valence-corrected chi connectivity index (χ1v) is 6.89. The highest BCUT2D eigenvalue weighted by atomic mass is 32.1. The molecule has 1 aliphatic rings. The minimum Gasteiger partial charge on any atom is -0.397 e. The maximum Gasteiger partial charge on any atom is 0.176 e. The number of thiophene rings is 1. The van der Waals surface area contributed by atoms with Crippen molar-refractivity contribution in [1.29, 1.82) is 0 Å². The van der Waals surface area contributed by atoms with Gasteiger partial charge in [-0.05, 0) is 30.7 Å². The van der Waals surface area contributed by atoms with Crippen molar-refractivity contribution in [3.05, 3.63) is 17.3 Å². The molecular weight excluding hydrogens is 232 g/mol. The van der Waals surface area contributed by atoms with E-state index in [-0.39, 0.29) is 0 Å². The number of rotatable bonds is 2. The van der Waals surface area contributed by atoms with Gasteiger partial charge in [0.25, 0.3) is 0 Å². The fourth-order valence-corrected chi connectivity index (χ4v) is 3.44. The van der Waals surface area contributed by atoms with E-state index in [9.17, 15) is 0 Å². The second-order valence-electron chi connectivity index (χ2n) is 4.66. The van der Waals surface area contributed by atoms with Gasteiger partial charge >= 0.3 is 0 Å². The zero-order valence-electron chi connectivity index (χ0n) is 9.89. The van der Waals surface area contributed by atoms with Crippen molar-refractivity contribution >= 4 is 17.0 Å². The molecule has 0 saturated heterocycles. The van der Waals surface area contributed by atoms with Gasteiger partial charge < -0.3 is 10.3 Å². The van der Waals surface area contributed by atoms with Crippen LogP contribution in [-0.4, -0.2) is 14.8 Å². The Morgan fingerprint density at radius 2 is 2.18 bits per heavy atom. The molecule has 0 bridgehead atoms. The fraction of sp³-hybridized carbons (Fsp3) is 0.500. The van der Waals surface area contributed by atoms with Crippen molar-refractivity contribution in [1.82, 2.24) is 14.8 Å². The largest absolute Gasteiger partial charge is 0.397 e.